The van der Waals surface area contributed by atoms with E-state index in [1.54, 1.807) is 17.4 Å². The second kappa shape index (κ2) is 5.56. The van der Waals surface area contributed by atoms with E-state index >= 15 is 0 Å². The van der Waals surface area contributed by atoms with Gasteiger partial charge in [0, 0.05) is 17.0 Å². The molecule has 1 N–H and O–H groups in total. The van der Waals surface area contributed by atoms with Crippen molar-refractivity contribution in [3.8, 4) is 0 Å². The number of hydrogen-bond donors (Lipinski definition) is 1. The minimum absolute atomic E-state index is 0.256. The quantitative estimate of drug-likeness (QED) is 0.686. The predicted octanol–water partition coefficient (Wildman–Crippen LogP) is 2.84. The maximum absolute atomic E-state index is 11.5. The molecule has 0 saturated carbocycles. The lowest BCUT2D eigenvalue weighted by atomic mass is 10.4. The van der Waals surface area contributed by atoms with Gasteiger partial charge < -0.3 is 5.32 Å². The van der Waals surface area contributed by atoms with Crippen LogP contribution in [-0.2, 0) is 4.79 Å². The lowest BCUT2D eigenvalue weighted by Crippen LogP contribution is -2.09. The van der Waals surface area contributed by atoms with E-state index in [4.69, 9.17) is 11.6 Å². The van der Waals surface area contributed by atoms with Crippen LogP contribution in [0.15, 0.2) is 36.0 Å². The molecule has 0 atom stereocenters. The number of carbonyl (C=O) groups is 1. The van der Waals surface area contributed by atoms with Gasteiger partial charge in [0.05, 0.1) is 0 Å². The smallest absolute Gasteiger partial charge is 0.249 e. The Labute approximate surface area is 107 Å². The normalized spacial score (nSPS) is 10.6. The lowest BCUT2D eigenvalue weighted by molar-refractivity contribution is -0.111. The first kappa shape index (κ1) is 11.8. The van der Waals surface area contributed by atoms with E-state index in [0.29, 0.717) is 5.82 Å². The predicted molar refractivity (Wildman–Crippen MR) is 69.0 cm³/mol. The molecule has 2 aromatic rings. The molecule has 2 aromatic heterocycles. The summed E-state index contributed by atoms with van der Waals surface area (Å²) in [5, 5.41) is 4.82. The Kier molecular flexibility index (Phi) is 3.85. The fraction of sp³-hybridized carbons (Fsp3) is 0. The molecule has 0 unspecified atom stereocenters. The van der Waals surface area contributed by atoms with Gasteiger partial charge in [0.2, 0.25) is 5.91 Å². The third kappa shape index (κ3) is 3.65. The molecule has 0 radical (unpaired) electrons. The minimum atomic E-state index is -0.256. The summed E-state index contributed by atoms with van der Waals surface area (Å²) in [6.07, 6.45) is 4.48. The zero-order valence-electron chi connectivity index (χ0n) is 8.63. The number of nitrogens with zero attached hydrogens (tertiary/aromatic N) is 2. The van der Waals surface area contributed by atoms with Gasteiger partial charge in [-0.3, -0.25) is 4.79 Å². The average Bonchev–Trinajstić information content (AvgIpc) is 2.79. The second-order valence-electron chi connectivity index (χ2n) is 3.06. The number of nitrogens with one attached hydrogen (secondary N) is 1. The van der Waals surface area contributed by atoms with Crippen LogP contribution in [0.1, 0.15) is 4.88 Å². The maximum atomic E-state index is 11.5. The largest absolute Gasteiger partial charge is 0.307 e. The minimum Gasteiger partial charge on any atom is -0.307 e. The fourth-order valence-corrected chi connectivity index (χ4v) is 1.88. The number of carbonyl (C=O) groups excluding carboxylic acids is 1. The molecule has 0 fully saturated rings. The summed E-state index contributed by atoms with van der Waals surface area (Å²) in [4.78, 5) is 20.1. The molecule has 0 saturated heterocycles. The van der Waals surface area contributed by atoms with Crippen LogP contribution in [-0.4, -0.2) is 15.9 Å². The molecular formula is C11H8ClN3OS. The molecule has 1 amide bonds. The number of aromatic nitrogens is 2. The van der Waals surface area contributed by atoms with Gasteiger partial charge in [-0.15, -0.1) is 11.3 Å². The van der Waals surface area contributed by atoms with E-state index in [1.807, 2.05) is 17.5 Å². The molecule has 86 valence electrons. The summed E-state index contributed by atoms with van der Waals surface area (Å²) in [7, 11) is 0. The van der Waals surface area contributed by atoms with Gasteiger partial charge in [0.15, 0.2) is 0 Å². The van der Waals surface area contributed by atoms with Crippen LogP contribution in [0, 0.1) is 0 Å². The highest BCUT2D eigenvalue weighted by molar-refractivity contribution is 7.10. The molecule has 0 spiro atoms. The Morgan fingerprint density at radius 1 is 1.47 bits per heavy atom. The topological polar surface area (TPSA) is 54.9 Å². The fourth-order valence-electron chi connectivity index (χ4n) is 1.11. The van der Waals surface area contributed by atoms with Crippen molar-refractivity contribution in [1.29, 1.82) is 0 Å². The molecular weight excluding hydrogens is 258 g/mol. The van der Waals surface area contributed by atoms with Crippen LogP contribution >= 0.6 is 22.9 Å². The van der Waals surface area contributed by atoms with Crippen molar-refractivity contribution in [2.45, 2.75) is 0 Å². The van der Waals surface area contributed by atoms with E-state index in [2.05, 4.69) is 15.3 Å². The van der Waals surface area contributed by atoms with Crippen LogP contribution in [0.25, 0.3) is 6.08 Å². The van der Waals surface area contributed by atoms with Gasteiger partial charge in [-0.2, -0.15) is 0 Å². The molecule has 4 nitrogen and oxygen atoms in total. The van der Waals surface area contributed by atoms with E-state index in [-0.39, 0.29) is 11.1 Å². The van der Waals surface area contributed by atoms with Crippen molar-refractivity contribution in [3.05, 3.63) is 46.0 Å². The second-order valence-corrected chi connectivity index (χ2v) is 4.43. The number of rotatable bonds is 3. The summed E-state index contributed by atoms with van der Waals surface area (Å²) in [5.74, 6) is 0.124. The Hall–Kier alpha value is -1.72. The van der Waals surface area contributed by atoms with Crippen LogP contribution in [0.4, 0.5) is 5.82 Å². The molecule has 2 heterocycles. The number of amides is 1. The average molecular weight is 266 g/mol. The molecule has 0 aliphatic carbocycles. The molecule has 6 heteroatoms. The Bertz CT molecular complexity index is 539. The van der Waals surface area contributed by atoms with Gasteiger partial charge in [-0.05, 0) is 17.5 Å². The van der Waals surface area contributed by atoms with Gasteiger partial charge in [-0.1, -0.05) is 17.7 Å². The van der Waals surface area contributed by atoms with Gasteiger partial charge >= 0.3 is 0 Å². The molecule has 0 bridgehead atoms. The Morgan fingerprint density at radius 3 is 3.06 bits per heavy atom. The maximum Gasteiger partial charge on any atom is 0.249 e. The molecule has 0 aromatic carbocycles. The van der Waals surface area contributed by atoms with E-state index in [0.717, 1.165) is 4.88 Å². The first-order chi connectivity index (χ1) is 8.24. The SMILES string of the molecule is O=C(/C=C/c1cccs1)Nc1cc(Cl)ncn1. The van der Waals surface area contributed by atoms with Gasteiger partial charge in [-0.25, -0.2) is 9.97 Å². The summed E-state index contributed by atoms with van der Waals surface area (Å²) >= 11 is 7.23. The lowest BCUT2D eigenvalue weighted by Gasteiger charge is -1.99. The standard InChI is InChI=1S/C11H8ClN3OS/c12-9-6-10(14-7-13-9)15-11(16)4-3-8-2-1-5-17-8/h1-7H,(H,13,14,15,16)/b4-3+. The van der Waals surface area contributed by atoms with E-state index < -0.39 is 0 Å². The summed E-state index contributed by atoms with van der Waals surface area (Å²) in [6, 6.07) is 5.33. The molecule has 0 aliphatic rings. The zero-order valence-corrected chi connectivity index (χ0v) is 10.2. The van der Waals surface area contributed by atoms with Gasteiger partial charge in [0.1, 0.15) is 17.3 Å². The van der Waals surface area contributed by atoms with Crippen molar-refractivity contribution >= 4 is 40.7 Å². The Morgan fingerprint density at radius 2 is 2.35 bits per heavy atom. The van der Waals surface area contributed by atoms with Crippen LogP contribution < -0.4 is 5.32 Å². The molecule has 2 rings (SSSR count). The van der Waals surface area contributed by atoms with Crippen molar-refractivity contribution < 1.29 is 4.79 Å². The number of hydrogen-bond acceptors (Lipinski definition) is 4. The van der Waals surface area contributed by atoms with Gasteiger partial charge in [0.25, 0.3) is 0 Å². The van der Waals surface area contributed by atoms with Crippen LogP contribution in [0.5, 0.6) is 0 Å². The first-order valence-corrected chi connectivity index (χ1v) is 6.00. The van der Waals surface area contributed by atoms with Crippen LogP contribution in [0.3, 0.4) is 0 Å². The highest BCUT2D eigenvalue weighted by atomic mass is 35.5. The van der Waals surface area contributed by atoms with E-state index in [9.17, 15) is 4.79 Å². The first-order valence-electron chi connectivity index (χ1n) is 4.74. The van der Waals surface area contributed by atoms with E-state index in [1.165, 1.54) is 18.5 Å². The van der Waals surface area contributed by atoms with Crippen molar-refractivity contribution in [3.63, 3.8) is 0 Å². The number of halogens is 1. The third-order valence-corrected chi connectivity index (χ3v) is 2.87. The van der Waals surface area contributed by atoms with Crippen molar-refractivity contribution in [2.75, 3.05) is 5.32 Å². The van der Waals surface area contributed by atoms with Crippen LogP contribution in [0.2, 0.25) is 5.15 Å². The number of anilines is 1. The molecule has 0 aliphatic heterocycles. The zero-order chi connectivity index (χ0) is 12.1. The highest BCUT2D eigenvalue weighted by Gasteiger charge is 2.00. The molecule has 17 heavy (non-hydrogen) atoms. The summed E-state index contributed by atoms with van der Waals surface area (Å²) in [5.41, 5.74) is 0. The highest BCUT2D eigenvalue weighted by Crippen LogP contribution is 2.11. The van der Waals surface area contributed by atoms with Crippen molar-refractivity contribution in [1.82, 2.24) is 9.97 Å². The Balaban J connectivity index is 1.98. The summed E-state index contributed by atoms with van der Waals surface area (Å²) in [6.45, 7) is 0. The van der Waals surface area contributed by atoms with Crippen molar-refractivity contribution in [2.24, 2.45) is 0 Å². The summed E-state index contributed by atoms with van der Waals surface area (Å²) < 4.78 is 0. The number of thiophene rings is 1. The monoisotopic (exact) mass is 265 g/mol. The third-order valence-electron chi connectivity index (χ3n) is 1.83.